The lowest BCUT2D eigenvalue weighted by molar-refractivity contribution is -0.144. The summed E-state index contributed by atoms with van der Waals surface area (Å²) in [6.07, 6.45) is 4.57. The van der Waals surface area contributed by atoms with Crippen LogP contribution in [0.15, 0.2) is 89.2 Å². The van der Waals surface area contributed by atoms with Crippen LogP contribution in [0.5, 0.6) is 5.75 Å². The van der Waals surface area contributed by atoms with Crippen LogP contribution in [0.2, 0.25) is 0 Å². The second-order valence-corrected chi connectivity index (χ2v) is 16.1. The van der Waals surface area contributed by atoms with Gasteiger partial charge in [-0.05, 0) is 75.8 Å². The summed E-state index contributed by atoms with van der Waals surface area (Å²) in [6.45, 7) is 7.77. The van der Waals surface area contributed by atoms with Crippen molar-refractivity contribution in [1.82, 2.24) is 35.3 Å². The number of hydrogen-bond donors (Lipinski definition) is 3. The molecule has 1 saturated heterocycles. The quantitative estimate of drug-likeness (QED) is 0.126. The third-order valence-corrected chi connectivity index (χ3v) is 10.7. The summed E-state index contributed by atoms with van der Waals surface area (Å²) < 4.78 is 14.0. The lowest BCUT2D eigenvalue weighted by Crippen LogP contribution is -2.58. The van der Waals surface area contributed by atoms with Gasteiger partial charge in [-0.1, -0.05) is 45.0 Å². The van der Waals surface area contributed by atoms with Gasteiger partial charge in [0.1, 0.15) is 36.7 Å². The predicted octanol–water partition coefficient (Wildman–Crippen LogP) is 5.33. The van der Waals surface area contributed by atoms with Crippen LogP contribution in [0.4, 0.5) is 0 Å². The number of ether oxygens (including phenoxy) is 2. The summed E-state index contributed by atoms with van der Waals surface area (Å²) in [7, 11) is 0. The lowest BCUT2D eigenvalue weighted by Gasteiger charge is -2.35. The number of hydrogen-bond acceptors (Lipinski definition) is 10. The minimum Gasteiger partial charge on any atom is -0.491 e. The monoisotopic (exact) mass is 829 g/mol. The van der Waals surface area contributed by atoms with Crippen LogP contribution < -0.4 is 15.4 Å². The van der Waals surface area contributed by atoms with Gasteiger partial charge in [0.25, 0.3) is 0 Å². The highest BCUT2D eigenvalue weighted by Gasteiger charge is 2.44. The third kappa shape index (κ3) is 10.0. The first kappa shape index (κ1) is 39.7. The molecule has 3 unspecified atom stereocenters. The second-order valence-electron chi connectivity index (χ2n) is 14.3. The smallest absolute Gasteiger partial charge is 0.246 e. The normalized spacial score (nSPS) is 16.1. The van der Waals surface area contributed by atoms with Crippen molar-refractivity contribution in [2.24, 2.45) is 5.41 Å². The Hall–Kier alpha value is -4.96. The number of β-amino-alcohol motifs (C(OH)–C–C–N with tert-alkyl or cyclic N) is 1. The number of benzene rings is 2. The largest absolute Gasteiger partial charge is 0.491 e. The molecule has 1 aliphatic rings. The molecule has 0 aliphatic carbocycles. The van der Waals surface area contributed by atoms with Crippen molar-refractivity contribution in [1.29, 1.82) is 0 Å². The summed E-state index contributed by atoms with van der Waals surface area (Å²) in [5.41, 5.74) is 6.65. The van der Waals surface area contributed by atoms with Crippen LogP contribution in [-0.2, 0) is 25.7 Å². The molecule has 3 atom stereocenters. The van der Waals surface area contributed by atoms with Crippen molar-refractivity contribution in [3.63, 3.8) is 0 Å². The number of aliphatic hydroxyl groups is 1. The van der Waals surface area contributed by atoms with Crippen molar-refractivity contribution in [2.75, 3.05) is 26.4 Å². The highest BCUT2D eigenvalue weighted by atomic mass is 79.9. The van der Waals surface area contributed by atoms with Crippen LogP contribution in [0.3, 0.4) is 0 Å². The molecule has 6 rings (SSSR count). The van der Waals surface area contributed by atoms with Crippen molar-refractivity contribution < 1.29 is 29.0 Å². The SMILES string of the molecule is Cc1ncsc1-c1ccc(CNC(=O)C2CC(O)CN2C(=O)C(NC(=O)COCCOc2ccc(-n3cc(Br)c(-c4ccncc4)n3)cc2)C(C)(C)C)cc1. The first-order chi connectivity index (χ1) is 26.4. The number of carbonyl (C=O) groups excluding carboxylic acids is 3. The predicted molar refractivity (Wildman–Crippen MR) is 212 cm³/mol. The molecule has 1 aliphatic heterocycles. The van der Waals surface area contributed by atoms with Gasteiger partial charge in [0.2, 0.25) is 17.7 Å². The Balaban J connectivity index is 0.962. The molecule has 3 N–H and O–H groups in total. The van der Waals surface area contributed by atoms with Crippen molar-refractivity contribution >= 4 is 45.0 Å². The maximum absolute atomic E-state index is 13.9. The van der Waals surface area contributed by atoms with E-state index in [4.69, 9.17) is 9.47 Å². The second kappa shape index (κ2) is 17.7. The molecule has 15 heteroatoms. The molecule has 55 heavy (non-hydrogen) atoms. The number of thiazole rings is 1. The molecule has 5 aromatic rings. The summed E-state index contributed by atoms with van der Waals surface area (Å²) in [5.74, 6) is -0.660. The average Bonchev–Trinajstić information content (AvgIpc) is 3.90. The van der Waals surface area contributed by atoms with Crippen LogP contribution in [-0.4, -0.2) is 92.0 Å². The minimum absolute atomic E-state index is 0.0107. The Bertz CT molecular complexity index is 2080. The Morgan fingerprint density at radius 3 is 2.42 bits per heavy atom. The van der Waals surface area contributed by atoms with Crippen molar-refractivity contribution in [2.45, 2.75) is 58.8 Å². The number of aliphatic hydroxyl groups excluding tert-OH is 1. The zero-order valence-electron chi connectivity index (χ0n) is 31.1. The number of amides is 3. The molecule has 0 spiro atoms. The minimum atomic E-state index is -0.960. The van der Waals surface area contributed by atoms with E-state index in [1.165, 1.54) is 4.90 Å². The Labute approximate surface area is 332 Å². The molecule has 0 saturated carbocycles. The van der Waals surface area contributed by atoms with Gasteiger partial charge in [0.15, 0.2) is 0 Å². The molecule has 13 nitrogen and oxygen atoms in total. The topological polar surface area (TPSA) is 161 Å². The van der Waals surface area contributed by atoms with E-state index in [1.807, 2.05) is 100 Å². The van der Waals surface area contributed by atoms with E-state index in [0.717, 1.165) is 43.1 Å². The van der Waals surface area contributed by atoms with Gasteiger partial charge in [0.05, 0.1) is 39.0 Å². The van der Waals surface area contributed by atoms with Gasteiger partial charge in [-0.3, -0.25) is 19.4 Å². The molecule has 2 aromatic carbocycles. The van der Waals surface area contributed by atoms with Crippen LogP contribution in [0, 0.1) is 12.3 Å². The van der Waals surface area contributed by atoms with Crippen LogP contribution in [0.25, 0.3) is 27.4 Å². The average molecular weight is 831 g/mol. The van der Waals surface area contributed by atoms with E-state index in [0.29, 0.717) is 5.75 Å². The maximum atomic E-state index is 13.9. The fourth-order valence-electron chi connectivity index (χ4n) is 6.25. The Morgan fingerprint density at radius 2 is 1.75 bits per heavy atom. The summed E-state index contributed by atoms with van der Waals surface area (Å²) in [5, 5.41) is 20.9. The summed E-state index contributed by atoms with van der Waals surface area (Å²) in [4.78, 5) is 51.1. The fourth-order valence-corrected chi connectivity index (χ4v) is 7.57. The standard InChI is InChI=1S/C40H44BrN7O6S/c1-25-36(55-24-44-25)28-7-5-26(6-8-28)20-43-38(51)33-19-30(49)21-47(33)39(52)37(40(2,3)4)45-34(50)23-53-17-18-54-31-11-9-29(10-12-31)48-22-32(41)35(46-48)27-13-15-42-16-14-27/h5-16,22,24,30,33,37,49H,17-21,23H2,1-4H3,(H,43,51)(H,45,50). The zero-order valence-corrected chi connectivity index (χ0v) is 33.5. The van der Waals surface area contributed by atoms with Gasteiger partial charge in [-0.15, -0.1) is 11.3 Å². The highest BCUT2D eigenvalue weighted by Crippen LogP contribution is 2.30. The summed E-state index contributed by atoms with van der Waals surface area (Å²) in [6, 6.07) is 17.3. The van der Waals surface area contributed by atoms with Crippen LogP contribution >= 0.6 is 27.3 Å². The van der Waals surface area contributed by atoms with Gasteiger partial charge in [0, 0.05) is 43.7 Å². The van der Waals surface area contributed by atoms with Gasteiger partial charge < -0.3 is 30.1 Å². The van der Waals surface area contributed by atoms with E-state index in [9.17, 15) is 19.5 Å². The van der Waals surface area contributed by atoms with E-state index in [2.05, 4.69) is 41.6 Å². The number of aromatic nitrogens is 4. The van der Waals surface area contributed by atoms with Crippen LogP contribution in [0.1, 0.15) is 38.4 Å². The maximum Gasteiger partial charge on any atom is 0.246 e. The molecule has 3 amide bonds. The molecular formula is C40H44BrN7O6S. The Kier molecular flexibility index (Phi) is 12.8. The van der Waals surface area contributed by atoms with Gasteiger partial charge >= 0.3 is 0 Å². The van der Waals surface area contributed by atoms with Crippen molar-refractivity contribution in [3.8, 4) is 33.1 Å². The number of nitrogens with zero attached hydrogens (tertiary/aromatic N) is 5. The number of carbonyl (C=O) groups is 3. The first-order valence-electron chi connectivity index (χ1n) is 17.9. The number of likely N-dealkylation sites (tertiary alicyclic amines) is 1. The molecule has 3 aromatic heterocycles. The first-order valence-corrected chi connectivity index (χ1v) is 19.6. The van der Waals surface area contributed by atoms with E-state index < -0.39 is 35.4 Å². The zero-order chi connectivity index (χ0) is 39.1. The summed E-state index contributed by atoms with van der Waals surface area (Å²) >= 11 is 5.16. The molecule has 0 radical (unpaired) electrons. The fraction of sp³-hybridized carbons (Fsp3) is 0.350. The molecular weight excluding hydrogens is 786 g/mol. The van der Waals surface area contributed by atoms with E-state index in [-0.39, 0.29) is 45.2 Å². The molecule has 4 heterocycles. The molecule has 0 bridgehead atoms. The van der Waals surface area contributed by atoms with E-state index in [1.54, 1.807) is 28.4 Å². The van der Waals surface area contributed by atoms with E-state index >= 15 is 0 Å². The van der Waals surface area contributed by atoms with Gasteiger partial charge in [-0.2, -0.15) is 5.10 Å². The number of rotatable bonds is 14. The molecule has 288 valence electrons. The van der Waals surface area contributed by atoms with Gasteiger partial charge in [-0.25, -0.2) is 9.67 Å². The Morgan fingerprint density at radius 1 is 1.02 bits per heavy atom. The number of halogens is 1. The number of nitrogens with one attached hydrogen (secondary N) is 2. The highest BCUT2D eigenvalue weighted by molar-refractivity contribution is 9.10. The lowest BCUT2D eigenvalue weighted by atomic mass is 9.85. The number of pyridine rings is 1. The molecule has 1 fully saturated rings. The van der Waals surface area contributed by atoms with Crippen molar-refractivity contribution in [3.05, 3.63) is 100 Å². The third-order valence-electron chi connectivity index (χ3n) is 9.17. The number of aryl methyl sites for hydroxylation is 1.